The van der Waals surface area contributed by atoms with Gasteiger partial charge in [0.1, 0.15) is 0 Å². The van der Waals surface area contributed by atoms with Crippen LogP contribution >= 0.6 is 0 Å². The molecule has 0 spiro atoms. The van der Waals surface area contributed by atoms with Crippen molar-refractivity contribution in [1.29, 1.82) is 0 Å². The minimum atomic E-state index is 0.631. The molecule has 1 N–H and O–H groups in total. The van der Waals surface area contributed by atoms with Crippen LogP contribution in [0.25, 0.3) is 0 Å². The predicted molar refractivity (Wildman–Crippen MR) is 67.6 cm³/mol. The first-order valence-corrected chi connectivity index (χ1v) is 6.61. The van der Waals surface area contributed by atoms with Gasteiger partial charge in [-0.3, -0.25) is 0 Å². The number of anilines is 1. The number of rotatable bonds is 4. The smallest absolute Gasteiger partial charge is 0.202 e. The molecule has 0 saturated heterocycles. The van der Waals surface area contributed by atoms with Crippen molar-refractivity contribution in [3.05, 3.63) is 12.4 Å². The molecule has 3 heteroatoms. The van der Waals surface area contributed by atoms with E-state index >= 15 is 0 Å². The molecule has 1 aliphatic rings. The van der Waals surface area contributed by atoms with Crippen LogP contribution < -0.4 is 5.32 Å². The van der Waals surface area contributed by atoms with Crippen LogP contribution in [0.1, 0.15) is 46.0 Å². The predicted octanol–water partition coefficient (Wildman–Crippen LogP) is 3.28. The van der Waals surface area contributed by atoms with Crippen molar-refractivity contribution >= 4 is 5.95 Å². The number of nitrogens with one attached hydrogen (secondary N) is 1. The van der Waals surface area contributed by atoms with Crippen molar-refractivity contribution in [2.24, 2.45) is 5.92 Å². The number of nitrogens with zero attached hydrogens (tertiary/aromatic N) is 2. The molecule has 0 bridgehead atoms. The van der Waals surface area contributed by atoms with Gasteiger partial charge >= 0.3 is 0 Å². The van der Waals surface area contributed by atoms with Crippen molar-refractivity contribution < 1.29 is 0 Å². The molecule has 90 valence electrons. The van der Waals surface area contributed by atoms with Gasteiger partial charge in [-0.25, -0.2) is 4.98 Å². The van der Waals surface area contributed by atoms with E-state index in [0.717, 1.165) is 18.4 Å². The van der Waals surface area contributed by atoms with Crippen LogP contribution in [-0.2, 0) is 6.54 Å². The van der Waals surface area contributed by atoms with E-state index < -0.39 is 0 Å². The van der Waals surface area contributed by atoms with Gasteiger partial charge in [0.05, 0.1) is 0 Å². The highest BCUT2D eigenvalue weighted by Crippen LogP contribution is 2.28. The highest BCUT2D eigenvalue weighted by atomic mass is 15.2. The van der Waals surface area contributed by atoms with E-state index in [9.17, 15) is 0 Å². The van der Waals surface area contributed by atoms with Crippen molar-refractivity contribution in [2.75, 3.05) is 5.32 Å². The largest absolute Gasteiger partial charge is 0.353 e. The molecule has 0 aromatic carbocycles. The third-order valence-corrected chi connectivity index (χ3v) is 3.75. The first-order valence-electron chi connectivity index (χ1n) is 6.61. The Bertz CT molecular complexity index is 319. The Morgan fingerprint density at radius 1 is 1.44 bits per heavy atom. The lowest BCUT2D eigenvalue weighted by Crippen LogP contribution is -2.28. The lowest BCUT2D eigenvalue weighted by atomic mass is 9.84. The van der Waals surface area contributed by atoms with E-state index in [2.05, 4.69) is 28.7 Å². The molecule has 2 unspecified atom stereocenters. The Morgan fingerprint density at radius 3 is 3.06 bits per heavy atom. The van der Waals surface area contributed by atoms with Gasteiger partial charge < -0.3 is 9.88 Å². The number of imidazole rings is 1. The molecular weight excluding hydrogens is 198 g/mol. The average Bonchev–Trinajstić information content (AvgIpc) is 2.76. The Balaban J connectivity index is 1.93. The van der Waals surface area contributed by atoms with Gasteiger partial charge in [-0.15, -0.1) is 0 Å². The minimum Gasteiger partial charge on any atom is -0.353 e. The van der Waals surface area contributed by atoms with E-state index in [1.54, 1.807) is 0 Å². The maximum atomic E-state index is 4.38. The minimum absolute atomic E-state index is 0.631. The summed E-state index contributed by atoms with van der Waals surface area (Å²) in [5.74, 6) is 1.96. The lowest BCUT2D eigenvalue weighted by molar-refractivity contribution is 0.326. The summed E-state index contributed by atoms with van der Waals surface area (Å²) < 4.78 is 2.18. The zero-order valence-corrected chi connectivity index (χ0v) is 10.4. The normalized spacial score (nSPS) is 25.6. The number of aryl methyl sites for hydroxylation is 1. The van der Waals surface area contributed by atoms with E-state index in [1.807, 2.05) is 12.4 Å². The van der Waals surface area contributed by atoms with Crippen molar-refractivity contribution in [2.45, 2.75) is 58.5 Å². The molecule has 2 rings (SSSR count). The van der Waals surface area contributed by atoms with E-state index in [1.165, 1.54) is 32.1 Å². The second-order valence-corrected chi connectivity index (χ2v) is 4.82. The first kappa shape index (κ1) is 11.5. The molecule has 1 aliphatic carbocycles. The topological polar surface area (TPSA) is 29.9 Å². The fourth-order valence-corrected chi connectivity index (χ4v) is 2.68. The van der Waals surface area contributed by atoms with E-state index in [-0.39, 0.29) is 0 Å². The standard InChI is InChI=1S/C13H23N3/c1-3-11-6-5-7-12(10-11)15-13-14-8-9-16(13)4-2/h8-9,11-12H,3-7,10H2,1-2H3,(H,14,15). The number of aromatic nitrogens is 2. The summed E-state index contributed by atoms with van der Waals surface area (Å²) in [5.41, 5.74) is 0. The summed E-state index contributed by atoms with van der Waals surface area (Å²) in [6, 6.07) is 0.631. The molecular formula is C13H23N3. The lowest BCUT2D eigenvalue weighted by Gasteiger charge is -2.29. The van der Waals surface area contributed by atoms with Crippen LogP contribution in [0.5, 0.6) is 0 Å². The van der Waals surface area contributed by atoms with E-state index in [0.29, 0.717) is 6.04 Å². The van der Waals surface area contributed by atoms with Gasteiger partial charge in [0, 0.05) is 25.0 Å². The SMILES string of the molecule is CCC1CCCC(Nc2nccn2CC)C1. The summed E-state index contributed by atoms with van der Waals surface area (Å²) >= 11 is 0. The van der Waals surface area contributed by atoms with Crippen molar-refractivity contribution in [1.82, 2.24) is 9.55 Å². The Morgan fingerprint density at radius 2 is 2.31 bits per heavy atom. The van der Waals surface area contributed by atoms with Crippen molar-refractivity contribution in [3.8, 4) is 0 Å². The summed E-state index contributed by atoms with van der Waals surface area (Å²) in [7, 11) is 0. The summed E-state index contributed by atoms with van der Waals surface area (Å²) in [4.78, 5) is 4.38. The zero-order chi connectivity index (χ0) is 11.4. The number of hydrogen-bond acceptors (Lipinski definition) is 2. The summed E-state index contributed by atoms with van der Waals surface area (Å²) in [5, 5.41) is 3.60. The number of hydrogen-bond donors (Lipinski definition) is 1. The fraction of sp³-hybridized carbons (Fsp3) is 0.769. The molecule has 1 fully saturated rings. The Hall–Kier alpha value is -0.990. The molecule has 1 saturated carbocycles. The summed E-state index contributed by atoms with van der Waals surface area (Å²) in [6.45, 7) is 5.45. The van der Waals surface area contributed by atoms with Gasteiger partial charge in [-0.05, 0) is 25.7 Å². The third kappa shape index (κ3) is 2.57. The van der Waals surface area contributed by atoms with Crippen LogP contribution in [-0.4, -0.2) is 15.6 Å². The van der Waals surface area contributed by atoms with Crippen LogP contribution in [0.4, 0.5) is 5.95 Å². The Labute approximate surface area is 98.3 Å². The van der Waals surface area contributed by atoms with Crippen LogP contribution in [0, 0.1) is 5.92 Å². The van der Waals surface area contributed by atoms with Crippen LogP contribution in [0.15, 0.2) is 12.4 Å². The molecule has 2 atom stereocenters. The molecule has 1 heterocycles. The molecule has 1 aromatic heterocycles. The molecule has 16 heavy (non-hydrogen) atoms. The van der Waals surface area contributed by atoms with Crippen molar-refractivity contribution in [3.63, 3.8) is 0 Å². The monoisotopic (exact) mass is 221 g/mol. The maximum absolute atomic E-state index is 4.38. The quantitative estimate of drug-likeness (QED) is 0.845. The van der Waals surface area contributed by atoms with Gasteiger partial charge in [-0.2, -0.15) is 0 Å². The highest BCUT2D eigenvalue weighted by Gasteiger charge is 2.21. The fourth-order valence-electron chi connectivity index (χ4n) is 2.68. The van der Waals surface area contributed by atoms with Gasteiger partial charge in [0.15, 0.2) is 0 Å². The highest BCUT2D eigenvalue weighted by molar-refractivity contribution is 5.27. The van der Waals surface area contributed by atoms with Crippen LogP contribution in [0.3, 0.4) is 0 Å². The molecule has 0 aliphatic heterocycles. The average molecular weight is 221 g/mol. The second-order valence-electron chi connectivity index (χ2n) is 4.82. The second kappa shape index (κ2) is 5.37. The molecule has 1 aromatic rings. The Kier molecular flexibility index (Phi) is 3.86. The zero-order valence-electron chi connectivity index (χ0n) is 10.4. The van der Waals surface area contributed by atoms with Gasteiger partial charge in [0.25, 0.3) is 0 Å². The van der Waals surface area contributed by atoms with Crippen LogP contribution in [0.2, 0.25) is 0 Å². The third-order valence-electron chi connectivity index (χ3n) is 3.75. The summed E-state index contributed by atoms with van der Waals surface area (Å²) in [6.07, 6.45) is 10.6. The van der Waals surface area contributed by atoms with Gasteiger partial charge in [0.2, 0.25) is 5.95 Å². The van der Waals surface area contributed by atoms with E-state index in [4.69, 9.17) is 0 Å². The molecule has 3 nitrogen and oxygen atoms in total. The first-order chi connectivity index (χ1) is 7.83. The molecule has 0 amide bonds. The maximum Gasteiger partial charge on any atom is 0.202 e. The van der Waals surface area contributed by atoms with Gasteiger partial charge in [-0.1, -0.05) is 26.2 Å². The molecule has 0 radical (unpaired) electrons.